The van der Waals surface area contributed by atoms with Crippen LogP contribution in [0.2, 0.25) is 39.3 Å². The minimum Gasteiger partial charge on any atom is -0.544 e. The van der Waals surface area contributed by atoms with Crippen molar-refractivity contribution in [3.63, 3.8) is 0 Å². The number of carbonyl (C=O) groups is 1. The van der Waals surface area contributed by atoms with Crippen molar-refractivity contribution in [2.45, 2.75) is 45.7 Å². The van der Waals surface area contributed by atoms with Gasteiger partial charge in [0.1, 0.15) is 11.5 Å². The van der Waals surface area contributed by atoms with E-state index in [0.29, 0.717) is 5.75 Å². The Kier molecular flexibility index (Phi) is 7.81. The molecule has 0 heterocycles. The maximum absolute atomic E-state index is 12.5. The summed E-state index contributed by atoms with van der Waals surface area (Å²) in [5.74, 6) is 1.40. The van der Waals surface area contributed by atoms with Crippen molar-refractivity contribution >= 4 is 48.9 Å². The minimum atomic E-state index is -2.16. The summed E-state index contributed by atoms with van der Waals surface area (Å²) in [4.78, 5) is 12.5. The predicted molar refractivity (Wildman–Crippen MR) is 151 cm³/mol. The zero-order valence-electron chi connectivity index (χ0n) is 22.0. The molecule has 0 aromatic heterocycles. The van der Waals surface area contributed by atoms with Gasteiger partial charge in [-0.15, -0.1) is 0 Å². The van der Waals surface area contributed by atoms with E-state index in [1.165, 1.54) is 19.4 Å². The summed E-state index contributed by atoms with van der Waals surface area (Å²) in [5.41, 5.74) is 0.856. The molecule has 0 fully saturated rings. The highest BCUT2D eigenvalue weighted by Crippen LogP contribution is 2.46. The molecule has 0 saturated carbocycles. The van der Waals surface area contributed by atoms with E-state index in [0.717, 1.165) is 38.1 Å². The van der Waals surface area contributed by atoms with Crippen molar-refractivity contribution < 1.29 is 23.8 Å². The number of ketones is 1. The number of aliphatic hydroxyl groups is 1. The first-order valence-corrected chi connectivity index (χ1v) is 18.6. The monoisotopic (exact) mass is 508 g/mol. The van der Waals surface area contributed by atoms with E-state index in [1.807, 2.05) is 24.3 Å². The molecule has 0 aliphatic heterocycles. The lowest BCUT2D eigenvalue weighted by Crippen LogP contribution is -2.29. The molecule has 35 heavy (non-hydrogen) atoms. The number of carbonyl (C=O) groups excluding carboxylic acids is 1. The Morgan fingerprint density at radius 2 is 1.57 bits per heavy atom. The van der Waals surface area contributed by atoms with Crippen LogP contribution in [-0.2, 0) is 9.53 Å². The first-order valence-electron chi connectivity index (χ1n) is 11.7. The first-order chi connectivity index (χ1) is 16.4. The van der Waals surface area contributed by atoms with Crippen LogP contribution in [0.15, 0.2) is 60.6 Å². The van der Waals surface area contributed by atoms with Crippen LogP contribution < -0.4 is 9.16 Å². The molecule has 3 aromatic rings. The normalized spacial score (nSPS) is 13.3. The Labute approximate surface area is 210 Å². The summed E-state index contributed by atoms with van der Waals surface area (Å²) in [7, 11) is -0.799. The number of ether oxygens (including phenoxy) is 2. The molecule has 0 amide bonds. The summed E-state index contributed by atoms with van der Waals surface area (Å²) >= 11 is 0. The van der Waals surface area contributed by atoms with Gasteiger partial charge in [0.25, 0.3) is 0 Å². The van der Waals surface area contributed by atoms with E-state index in [-0.39, 0.29) is 18.0 Å². The van der Waals surface area contributed by atoms with Crippen LogP contribution >= 0.6 is 0 Å². The summed E-state index contributed by atoms with van der Waals surface area (Å²) in [6.07, 6.45) is 2.57. The highest BCUT2D eigenvalue weighted by molar-refractivity contribution is 6.94. The van der Waals surface area contributed by atoms with Crippen molar-refractivity contribution in [2.75, 3.05) is 14.2 Å². The van der Waals surface area contributed by atoms with Gasteiger partial charge in [0, 0.05) is 17.0 Å². The molecular formula is C28H36O5Si2. The highest BCUT2D eigenvalue weighted by Gasteiger charge is 2.31. The number of aliphatic hydroxyl groups excluding tert-OH is 1. The van der Waals surface area contributed by atoms with E-state index < -0.39 is 16.4 Å². The van der Waals surface area contributed by atoms with E-state index >= 15 is 0 Å². The lowest BCUT2D eigenvalue weighted by Gasteiger charge is -2.27. The van der Waals surface area contributed by atoms with Crippen molar-refractivity contribution in [1.29, 1.82) is 0 Å². The van der Waals surface area contributed by atoms with Crippen LogP contribution in [0, 0.1) is 0 Å². The van der Waals surface area contributed by atoms with Gasteiger partial charge in [-0.1, -0.05) is 43.9 Å². The summed E-state index contributed by atoms with van der Waals surface area (Å²) in [6, 6.07) is 14.2. The number of fused-ring (bicyclic) bond motifs is 3. The van der Waals surface area contributed by atoms with Gasteiger partial charge in [-0.3, -0.25) is 4.79 Å². The average molecular weight is 509 g/mol. The fourth-order valence-corrected chi connectivity index (χ4v) is 7.21. The van der Waals surface area contributed by atoms with Gasteiger partial charge in [-0.2, -0.15) is 0 Å². The third-order valence-corrected chi connectivity index (χ3v) is 8.48. The standard InChI is InChI=1S/C28H36O5Si2/c1-31-16-15-19(29)17-25(30)28(34(3,4)5)26-22-12-10-9-11-21(22)24-18-20(33-35(6,7)8)13-14-23(24)27(26)32-2/h9-16,18,30H,17H2,1-8H3/b16-15+,28-25+. The third-order valence-electron chi connectivity index (χ3n) is 5.60. The van der Waals surface area contributed by atoms with Gasteiger partial charge in [0.05, 0.1) is 40.7 Å². The fraction of sp³-hybridized carbons (Fsp3) is 0.321. The lowest BCUT2D eigenvalue weighted by molar-refractivity contribution is -0.114. The largest absolute Gasteiger partial charge is 0.544 e. The Bertz CT molecular complexity index is 1310. The van der Waals surface area contributed by atoms with E-state index in [1.54, 1.807) is 7.11 Å². The Balaban J connectivity index is 2.40. The van der Waals surface area contributed by atoms with Gasteiger partial charge in [0.15, 0.2) is 5.78 Å². The van der Waals surface area contributed by atoms with Gasteiger partial charge in [-0.05, 0) is 59.2 Å². The molecule has 0 spiro atoms. The van der Waals surface area contributed by atoms with Crippen LogP contribution in [0.25, 0.3) is 26.7 Å². The molecule has 186 valence electrons. The van der Waals surface area contributed by atoms with Crippen molar-refractivity contribution in [3.8, 4) is 11.5 Å². The van der Waals surface area contributed by atoms with Gasteiger partial charge < -0.3 is 19.0 Å². The molecule has 0 radical (unpaired) electrons. The summed E-state index contributed by atoms with van der Waals surface area (Å²) in [5, 5.41) is 16.2. The molecule has 0 saturated heterocycles. The van der Waals surface area contributed by atoms with E-state index in [9.17, 15) is 9.90 Å². The summed E-state index contributed by atoms with van der Waals surface area (Å²) in [6.45, 7) is 13.0. The van der Waals surface area contributed by atoms with Gasteiger partial charge in [0.2, 0.25) is 8.32 Å². The minimum absolute atomic E-state index is 0.0800. The smallest absolute Gasteiger partial charge is 0.242 e. The molecule has 0 aliphatic rings. The molecule has 7 heteroatoms. The highest BCUT2D eigenvalue weighted by atomic mass is 28.4. The Morgan fingerprint density at radius 1 is 0.914 bits per heavy atom. The number of allylic oxidation sites excluding steroid dienone is 2. The number of methoxy groups -OCH3 is 2. The van der Waals surface area contributed by atoms with E-state index in [2.05, 4.69) is 57.5 Å². The quantitative estimate of drug-likeness (QED) is 0.140. The van der Waals surface area contributed by atoms with Gasteiger partial charge in [-0.25, -0.2) is 0 Å². The molecule has 0 atom stereocenters. The molecule has 0 aliphatic carbocycles. The Hall–Kier alpha value is -3.04. The van der Waals surface area contributed by atoms with Gasteiger partial charge >= 0.3 is 0 Å². The first kappa shape index (κ1) is 26.6. The zero-order valence-corrected chi connectivity index (χ0v) is 24.0. The van der Waals surface area contributed by atoms with E-state index in [4.69, 9.17) is 13.9 Å². The number of hydrogen-bond acceptors (Lipinski definition) is 5. The molecular weight excluding hydrogens is 472 g/mol. The van der Waals surface area contributed by atoms with Crippen LogP contribution in [-0.4, -0.2) is 41.5 Å². The van der Waals surface area contributed by atoms with Crippen molar-refractivity contribution in [1.82, 2.24) is 0 Å². The summed E-state index contributed by atoms with van der Waals surface area (Å²) < 4.78 is 17.2. The van der Waals surface area contributed by atoms with Crippen molar-refractivity contribution in [2.24, 2.45) is 0 Å². The molecule has 3 rings (SSSR count). The number of hydrogen-bond donors (Lipinski definition) is 1. The fourth-order valence-electron chi connectivity index (χ4n) is 4.42. The second-order valence-electron chi connectivity index (χ2n) is 10.6. The molecule has 1 N–H and O–H groups in total. The van der Waals surface area contributed by atoms with Crippen LogP contribution in [0.3, 0.4) is 0 Å². The molecule has 0 bridgehead atoms. The second-order valence-corrected chi connectivity index (χ2v) is 20.1. The maximum Gasteiger partial charge on any atom is 0.242 e. The SMILES string of the molecule is CO/C=C/C(=O)C/C(O)=C(/c1c(OC)c2ccc(O[Si](C)(C)C)cc2c2ccccc12)[Si](C)(C)C. The van der Waals surface area contributed by atoms with Crippen LogP contribution in [0.5, 0.6) is 11.5 Å². The number of rotatable bonds is 9. The van der Waals surface area contributed by atoms with Crippen LogP contribution in [0.4, 0.5) is 0 Å². The number of benzene rings is 3. The van der Waals surface area contributed by atoms with Crippen molar-refractivity contribution in [3.05, 3.63) is 66.1 Å². The average Bonchev–Trinajstić information content (AvgIpc) is 2.76. The molecule has 0 unspecified atom stereocenters. The topological polar surface area (TPSA) is 65.0 Å². The molecule has 3 aromatic carbocycles. The third kappa shape index (κ3) is 5.97. The zero-order chi connectivity index (χ0) is 26.0. The maximum atomic E-state index is 12.5. The predicted octanol–water partition coefficient (Wildman–Crippen LogP) is 7.48. The lowest BCUT2D eigenvalue weighted by atomic mass is 9.94. The molecule has 5 nitrogen and oxygen atoms in total. The Morgan fingerprint density at radius 3 is 2.14 bits per heavy atom. The second kappa shape index (κ2) is 10.3. The van der Waals surface area contributed by atoms with Crippen LogP contribution in [0.1, 0.15) is 12.0 Å².